The van der Waals surface area contributed by atoms with Crippen molar-refractivity contribution in [1.82, 2.24) is 0 Å². The van der Waals surface area contributed by atoms with Gasteiger partial charge in [0.25, 0.3) is 0 Å². The number of benzene rings is 1. The lowest BCUT2D eigenvalue weighted by molar-refractivity contribution is -0.254. The summed E-state index contributed by atoms with van der Waals surface area (Å²) in [6.45, 7) is 1.97. The molecule has 1 aromatic rings. The SMILES string of the molecule is Cc1ccc([NH3+])cc1Cl. The van der Waals surface area contributed by atoms with Crippen LogP contribution in [0.1, 0.15) is 5.56 Å². The highest BCUT2D eigenvalue weighted by Gasteiger charge is 1.94. The maximum absolute atomic E-state index is 5.77. The molecule has 1 rings (SSSR count). The lowest BCUT2D eigenvalue weighted by Gasteiger charge is -1.93. The summed E-state index contributed by atoms with van der Waals surface area (Å²) < 4.78 is 0. The van der Waals surface area contributed by atoms with Gasteiger partial charge in [-0.3, -0.25) is 0 Å². The Labute approximate surface area is 59.4 Å². The maximum Gasteiger partial charge on any atom is 0.129 e. The fourth-order valence-electron chi connectivity index (χ4n) is 0.636. The molecule has 0 aliphatic carbocycles. The van der Waals surface area contributed by atoms with E-state index in [9.17, 15) is 0 Å². The van der Waals surface area contributed by atoms with Gasteiger partial charge in [0.2, 0.25) is 0 Å². The van der Waals surface area contributed by atoms with Crippen LogP contribution in [0.3, 0.4) is 0 Å². The van der Waals surface area contributed by atoms with E-state index in [-0.39, 0.29) is 0 Å². The minimum atomic E-state index is 0.794. The molecule has 0 saturated heterocycles. The Balaban J connectivity index is 3.17. The van der Waals surface area contributed by atoms with Crippen LogP contribution in [0.2, 0.25) is 5.02 Å². The van der Waals surface area contributed by atoms with E-state index in [0.29, 0.717) is 0 Å². The fourth-order valence-corrected chi connectivity index (χ4v) is 0.840. The van der Waals surface area contributed by atoms with Crippen molar-refractivity contribution in [2.75, 3.05) is 0 Å². The van der Waals surface area contributed by atoms with Crippen LogP contribution < -0.4 is 5.73 Å². The third-order valence-electron chi connectivity index (χ3n) is 1.24. The Hall–Kier alpha value is -0.530. The molecule has 0 unspecified atom stereocenters. The summed E-state index contributed by atoms with van der Waals surface area (Å²) >= 11 is 5.77. The quantitative estimate of drug-likeness (QED) is 0.569. The van der Waals surface area contributed by atoms with Crippen molar-refractivity contribution >= 4 is 17.3 Å². The third-order valence-corrected chi connectivity index (χ3v) is 1.64. The molecule has 2 heteroatoms. The lowest BCUT2D eigenvalue weighted by atomic mass is 10.2. The number of quaternary nitrogens is 1. The van der Waals surface area contributed by atoms with Gasteiger partial charge in [-0.15, -0.1) is 0 Å². The number of aryl methyl sites for hydroxylation is 1. The number of halogens is 1. The smallest absolute Gasteiger partial charge is 0.129 e. The molecule has 9 heavy (non-hydrogen) atoms. The molecule has 48 valence electrons. The first-order chi connectivity index (χ1) is 4.20. The number of hydrogen-bond donors (Lipinski definition) is 1. The molecular weight excluding hydrogens is 134 g/mol. The fraction of sp³-hybridized carbons (Fsp3) is 0.143. The van der Waals surface area contributed by atoms with Gasteiger partial charge < -0.3 is 5.73 Å². The second-order valence-corrected chi connectivity index (χ2v) is 2.49. The molecule has 0 aliphatic heterocycles. The molecule has 0 aliphatic rings. The Bertz CT molecular complexity index is 220. The molecule has 0 fully saturated rings. The highest BCUT2D eigenvalue weighted by molar-refractivity contribution is 6.31. The molecule has 0 heterocycles. The Morgan fingerprint density at radius 2 is 2.11 bits per heavy atom. The van der Waals surface area contributed by atoms with Gasteiger partial charge in [-0.25, -0.2) is 0 Å². The molecule has 0 spiro atoms. The van der Waals surface area contributed by atoms with Crippen LogP contribution in [0, 0.1) is 6.92 Å². The van der Waals surface area contributed by atoms with Crippen molar-refractivity contribution in [3.05, 3.63) is 28.8 Å². The minimum absolute atomic E-state index is 0.794. The number of hydrogen-bond acceptors (Lipinski definition) is 0. The van der Waals surface area contributed by atoms with Gasteiger partial charge in [0.1, 0.15) is 5.69 Å². The predicted molar refractivity (Wildman–Crippen MR) is 38.7 cm³/mol. The summed E-state index contributed by atoms with van der Waals surface area (Å²) in [4.78, 5) is 0. The predicted octanol–water partition coefficient (Wildman–Crippen LogP) is 1.52. The molecule has 1 nitrogen and oxygen atoms in total. The molecule has 0 radical (unpaired) electrons. The Kier molecular flexibility index (Phi) is 1.74. The largest absolute Gasteiger partial charge is 0.325 e. The van der Waals surface area contributed by atoms with Crippen molar-refractivity contribution in [3.8, 4) is 0 Å². The van der Waals surface area contributed by atoms with E-state index in [4.69, 9.17) is 11.6 Å². The van der Waals surface area contributed by atoms with Crippen LogP contribution in [0.5, 0.6) is 0 Å². The topological polar surface area (TPSA) is 27.6 Å². The van der Waals surface area contributed by atoms with Crippen LogP contribution in [-0.4, -0.2) is 0 Å². The zero-order chi connectivity index (χ0) is 6.85. The van der Waals surface area contributed by atoms with Crippen LogP contribution in [0.4, 0.5) is 5.69 Å². The first-order valence-electron chi connectivity index (χ1n) is 2.78. The second kappa shape index (κ2) is 2.38. The summed E-state index contributed by atoms with van der Waals surface area (Å²) in [5, 5.41) is 0.794. The van der Waals surface area contributed by atoms with Crippen LogP contribution in [-0.2, 0) is 0 Å². The Morgan fingerprint density at radius 1 is 1.44 bits per heavy atom. The number of rotatable bonds is 0. The molecule has 0 aromatic heterocycles. The summed E-state index contributed by atoms with van der Waals surface area (Å²) in [5.74, 6) is 0. The van der Waals surface area contributed by atoms with Crippen molar-refractivity contribution in [3.63, 3.8) is 0 Å². The van der Waals surface area contributed by atoms with Gasteiger partial charge in [0, 0.05) is 11.1 Å². The average Bonchev–Trinajstić information content (AvgIpc) is 1.80. The van der Waals surface area contributed by atoms with Crippen molar-refractivity contribution < 1.29 is 5.73 Å². The van der Waals surface area contributed by atoms with E-state index in [1.54, 1.807) is 0 Å². The van der Waals surface area contributed by atoms with E-state index in [1.165, 1.54) is 0 Å². The highest BCUT2D eigenvalue weighted by atomic mass is 35.5. The normalized spacial score (nSPS) is 9.67. The molecule has 0 bridgehead atoms. The van der Waals surface area contributed by atoms with Crippen LogP contribution in [0.15, 0.2) is 18.2 Å². The summed E-state index contributed by atoms with van der Waals surface area (Å²) in [6.07, 6.45) is 0. The Morgan fingerprint density at radius 3 is 2.56 bits per heavy atom. The monoisotopic (exact) mass is 142 g/mol. The van der Waals surface area contributed by atoms with E-state index < -0.39 is 0 Å². The van der Waals surface area contributed by atoms with Gasteiger partial charge >= 0.3 is 0 Å². The van der Waals surface area contributed by atoms with E-state index in [2.05, 4.69) is 5.73 Å². The average molecular weight is 143 g/mol. The summed E-state index contributed by atoms with van der Waals surface area (Å²) in [6, 6.07) is 5.77. The van der Waals surface area contributed by atoms with E-state index in [0.717, 1.165) is 16.3 Å². The van der Waals surface area contributed by atoms with Crippen LogP contribution >= 0.6 is 11.6 Å². The van der Waals surface area contributed by atoms with Crippen molar-refractivity contribution in [2.24, 2.45) is 0 Å². The van der Waals surface area contributed by atoms with Crippen molar-refractivity contribution in [2.45, 2.75) is 6.92 Å². The molecular formula is C7H9ClN+. The second-order valence-electron chi connectivity index (χ2n) is 2.08. The minimum Gasteiger partial charge on any atom is -0.325 e. The highest BCUT2D eigenvalue weighted by Crippen LogP contribution is 2.16. The molecule has 0 amide bonds. The summed E-state index contributed by atoms with van der Waals surface area (Å²) in [5.41, 5.74) is 5.80. The lowest BCUT2D eigenvalue weighted by Crippen LogP contribution is -2.39. The zero-order valence-corrected chi connectivity index (χ0v) is 6.07. The molecule has 1 aromatic carbocycles. The van der Waals surface area contributed by atoms with Crippen molar-refractivity contribution in [1.29, 1.82) is 0 Å². The maximum atomic E-state index is 5.77. The van der Waals surface area contributed by atoms with Gasteiger partial charge in [0.15, 0.2) is 0 Å². The van der Waals surface area contributed by atoms with E-state index in [1.807, 2.05) is 25.1 Å². The van der Waals surface area contributed by atoms with Gasteiger partial charge in [-0.1, -0.05) is 17.7 Å². The molecule has 0 atom stereocenters. The van der Waals surface area contributed by atoms with Gasteiger partial charge in [0.05, 0.1) is 0 Å². The van der Waals surface area contributed by atoms with Crippen LogP contribution in [0.25, 0.3) is 0 Å². The van der Waals surface area contributed by atoms with Gasteiger partial charge in [-0.2, -0.15) is 0 Å². The standard InChI is InChI=1S/C7H8ClN/c1-5-2-3-6(9)4-7(5)8/h2-4H,9H2,1H3/p+1. The zero-order valence-electron chi connectivity index (χ0n) is 5.32. The first kappa shape index (κ1) is 6.59. The summed E-state index contributed by atoms with van der Waals surface area (Å²) in [7, 11) is 0. The van der Waals surface area contributed by atoms with Gasteiger partial charge in [-0.05, 0) is 18.6 Å². The first-order valence-corrected chi connectivity index (χ1v) is 3.16. The molecule has 0 saturated carbocycles. The third kappa shape index (κ3) is 1.44. The molecule has 3 N–H and O–H groups in total. The van der Waals surface area contributed by atoms with E-state index >= 15 is 0 Å².